The number of aryl methyl sites for hydroxylation is 1. The summed E-state index contributed by atoms with van der Waals surface area (Å²) >= 11 is 0. The van der Waals surface area contributed by atoms with Crippen LogP contribution in [0.2, 0.25) is 0 Å². The van der Waals surface area contributed by atoms with Gasteiger partial charge in [0, 0.05) is 34.3 Å². The lowest BCUT2D eigenvalue weighted by Crippen LogP contribution is -2.68. The Morgan fingerprint density at radius 1 is 1.05 bits per heavy atom. The Balaban J connectivity index is 2.58. The Kier molecular flexibility index (Phi) is 10.9. The normalized spacial score (nSPS) is 24.6. The van der Waals surface area contributed by atoms with E-state index in [2.05, 4.69) is 0 Å². The number of methoxy groups -OCH3 is 2. The second-order valence-electron chi connectivity index (χ2n) is 8.71. The standard InChI is InChI=1S/C24H32O14S/c1-13-7-9-17(10-8-13)39(30,31)38-20(22(28)32-5)18-11-24(29,19(35-15(3)26)12-34-14(2)25)21(36-16(4)27)23(33-6)37-18/h7-10,18-21,23,29H,11-12H2,1-6H3/t18-,19-,20-,21-,23-,24+/m0/s1. The molecule has 6 atom stereocenters. The molecule has 0 aromatic heterocycles. The van der Waals surface area contributed by atoms with Gasteiger partial charge in [-0.3, -0.25) is 14.4 Å². The Hall–Kier alpha value is -3.11. The quantitative estimate of drug-likeness (QED) is 0.213. The first-order valence-electron chi connectivity index (χ1n) is 11.6. The average Bonchev–Trinajstić information content (AvgIpc) is 2.85. The van der Waals surface area contributed by atoms with Gasteiger partial charge in [0.25, 0.3) is 10.1 Å². The molecule has 0 spiro atoms. The zero-order chi connectivity index (χ0) is 29.5. The number of aliphatic hydroxyl groups is 1. The Morgan fingerprint density at radius 3 is 2.15 bits per heavy atom. The van der Waals surface area contributed by atoms with E-state index in [4.69, 9.17) is 32.6 Å². The number of carbonyl (C=O) groups is 4. The number of rotatable bonds is 11. The molecule has 1 saturated heterocycles. The number of carbonyl (C=O) groups excluding carboxylic acids is 4. The van der Waals surface area contributed by atoms with Crippen LogP contribution in [-0.2, 0) is 61.9 Å². The highest BCUT2D eigenvalue weighted by atomic mass is 32.2. The minimum atomic E-state index is -4.58. The molecule has 2 rings (SSSR count). The summed E-state index contributed by atoms with van der Waals surface area (Å²) in [4.78, 5) is 47.7. The summed E-state index contributed by atoms with van der Waals surface area (Å²) in [7, 11) is -2.48. The fourth-order valence-corrected chi connectivity index (χ4v) is 4.97. The first kappa shape index (κ1) is 32.1. The van der Waals surface area contributed by atoms with E-state index < -0.39 is 83.3 Å². The topological polar surface area (TPSA) is 187 Å². The second-order valence-corrected chi connectivity index (χ2v) is 10.3. The summed E-state index contributed by atoms with van der Waals surface area (Å²) in [6.07, 6.45) is -9.37. The van der Waals surface area contributed by atoms with Crippen molar-refractivity contribution in [1.29, 1.82) is 0 Å². The molecule has 1 fully saturated rings. The molecule has 1 heterocycles. The molecule has 15 heteroatoms. The third-order valence-corrected chi connectivity index (χ3v) is 7.03. The molecule has 0 bridgehead atoms. The molecule has 1 aromatic rings. The molecule has 1 aliphatic rings. The van der Waals surface area contributed by atoms with Crippen molar-refractivity contribution in [2.75, 3.05) is 20.8 Å². The highest BCUT2D eigenvalue weighted by molar-refractivity contribution is 7.86. The predicted octanol–water partition coefficient (Wildman–Crippen LogP) is 0.161. The fourth-order valence-electron chi connectivity index (χ4n) is 3.91. The summed E-state index contributed by atoms with van der Waals surface area (Å²) in [5, 5.41) is 11.9. The van der Waals surface area contributed by atoms with E-state index in [1.807, 2.05) is 0 Å². The van der Waals surface area contributed by atoms with E-state index in [0.717, 1.165) is 40.6 Å². The van der Waals surface area contributed by atoms with Gasteiger partial charge in [-0.15, -0.1) is 0 Å². The van der Waals surface area contributed by atoms with Gasteiger partial charge in [0.1, 0.15) is 18.3 Å². The molecule has 218 valence electrons. The first-order valence-corrected chi connectivity index (χ1v) is 13.0. The van der Waals surface area contributed by atoms with Gasteiger partial charge in [-0.1, -0.05) is 17.7 Å². The minimum Gasteiger partial charge on any atom is -0.467 e. The van der Waals surface area contributed by atoms with Crippen molar-refractivity contribution >= 4 is 34.0 Å². The van der Waals surface area contributed by atoms with Gasteiger partial charge in [0.15, 0.2) is 18.5 Å². The maximum atomic E-state index is 13.0. The zero-order valence-electron chi connectivity index (χ0n) is 22.3. The molecule has 1 aliphatic heterocycles. The Labute approximate surface area is 225 Å². The van der Waals surface area contributed by atoms with Crippen LogP contribution >= 0.6 is 0 Å². The SMILES string of the molecule is COC(=O)[C@@H](OS(=O)(=O)c1ccc(C)cc1)[C@@H]1C[C@@](O)([C@H](COC(C)=O)OC(C)=O)[C@@H](OC(C)=O)[C@@H](OC)O1. The van der Waals surface area contributed by atoms with Gasteiger partial charge in [-0.25, -0.2) is 8.98 Å². The van der Waals surface area contributed by atoms with Crippen molar-refractivity contribution in [2.24, 2.45) is 0 Å². The van der Waals surface area contributed by atoms with E-state index in [1.165, 1.54) is 24.3 Å². The molecule has 14 nitrogen and oxygen atoms in total. The lowest BCUT2D eigenvalue weighted by Gasteiger charge is -2.48. The average molecular weight is 577 g/mol. The highest BCUT2D eigenvalue weighted by Crippen LogP contribution is 2.39. The van der Waals surface area contributed by atoms with Crippen LogP contribution in [0.25, 0.3) is 0 Å². The Bertz CT molecular complexity index is 1150. The smallest absolute Gasteiger partial charge is 0.339 e. The van der Waals surface area contributed by atoms with Crippen LogP contribution in [0.1, 0.15) is 32.8 Å². The number of esters is 4. The van der Waals surface area contributed by atoms with Crippen molar-refractivity contribution in [1.82, 2.24) is 0 Å². The molecular formula is C24H32O14S. The Morgan fingerprint density at radius 2 is 1.67 bits per heavy atom. The summed E-state index contributed by atoms with van der Waals surface area (Å²) in [6.45, 7) is 4.16. The highest BCUT2D eigenvalue weighted by Gasteiger charge is 2.60. The maximum Gasteiger partial charge on any atom is 0.339 e. The minimum absolute atomic E-state index is 0.276. The molecule has 1 aromatic carbocycles. The van der Waals surface area contributed by atoms with Crippen LogP contribution in [0.3, 0.4) is 0 Å². The largest absolute Gasteiger partial charge is 0.467 e. The summed E-state index contributed by atoms with van der Waals surface area (Å²) in [5.41, 5.74) is -1.68. The van der Waals surface area contributed by atoms with E-state index >= 15 is 0 Å². The van der Waals surface area contributed by atoms with E-state index in [0.29, 0.717) is 0 Å². The molecule has 0 radical (unpaired) electrons. The lowest BCUT2D eigenvalue weighted by molar-refractivity contribution is -0.318. The van der Waals surface area contributed by atoms with E-state index in [1.54, 1.807) is 6.92 Å². The number of benzene rings is 1. The molecule has 0 saturated carbocycles. The molecule has 1 N–H and O–H groups in total. The summed E-state index contributed by atoms with van der Waals surface area (Å²) in [5.74, 6) is -3.77. The maximum absolute atomic E-state index is 13.0. The monoisotopic (exact) mass is 576 g/mol. The summed E-state index contributed by atoms with van der Waals surface area (Å²) < 4.78 is 62.3. The van der Waals surface area contributed by atoms with Crippen molar-refractivity contribution < 1.29 is 65.3 Å². The number of hydrogen-bond acceptors (Lipinski definition) is 14. The third kappa shape index (κ3) is 8.19. The van der Waals surface area contributed by atoms with Crippen LogP contribution in [0, 0.1) is 6.92 Å². The van der Waals surface area contributed by atoms with E-state index in [9.17, 15) is 32.7 Å². The first-order chi connectivity index (χ1) is 18.1. The molecule has 0 aliphatic carbocycles. The van der Waals surface area contributed by atoms with Crippen LogP contribution in [-0.4, -0.2) is 94.5 Å². The van der Waals surface area contributed by atoms with Crippen LogP contribution in [0.5, 0.6) is 0 Å². The third-order valence-electron chi connectivity index (χ3n) is 5.72. The molecule has 39 heavy (non-hydrogen) atoms. The summed E-state index contributed by atoms with van der Waals surface area (Å²) in [6, 6.07) is 5.56. The van der Waals surface area contributed by atoms with Gasteiger partial charge in [0.2, 0.25) is 6.10 Å². The zero-order valence-corrected chi connectivity index (χ0v) is 23.1. The second kappa shape index (κ2) is 13.3. The van der Waals surface area contributed by atoms with Gasteiger partial charge < -0.3 is 33.5 Å². The molecule has 0 unspecified atom stereocenters. The van der Waals surface area contributed by atoms with Crippen LogP contribution in [0.4, 0.5) is 0 Å². The fraction of sp³-hybridized carbons (Fsp3) is 0.583. The van der Waals surface area contributed by atoms with Crippen molar-refractivity contribution in [3.63, 3.8) is 0 Å². The predicted molar refractivity (Wildman–Crippen MR) is 128 cm³/mol. The van der Waals surface area contributed by atoms with Crippen LogP contribution < -0.4 is 0 Å². The van der Waals surface area contributed by atoms with E-state index in [-0.39, 0.29) is 4.90 Å². The van der Waals surface area contributed by atoms with Gasteiger partial charge in [-0.2, -0.15) is 8.42 Å². The number of hydrogen-bond donors (Lipinski definition) is 1. The van der Waals surface area contributed by atoms with Gasteiger partial charge >= 0.3 is 23.9 Å². The van der Waals surface area contributed by atoms with Gasteiger partial charge in [-0.05, 0) is 19.1 Å². The number of ether oxygens (including phenoxy) is 6. The molecule has 0 amide bonds. The van der Waals surface area contributed by atoms with Crippen molar-refractivity contribution in [2.45, 2.75) is 75.3 Å². The van der Waals surface area contributed by atoms with Crippen LogP contribution in [0.15, 0.2) is 29.2 Å². The lowest BCUT2D eigenvalue weighted by atomic mass is 9.80. The molecular weight excluding hydrogens is 544 g/mol. The van der Waals surface area contributed by atoms with Crippen molar-refractivity contribution in [3.05, 3.63) is 29.8 Å². The van der Waals surface area contributed by atoms with Crippen molar-refractivity contribution in [3.8, 4) is 0 Å². The van der Waals surface area contributed by atoms with Gasteiger partial charge in [0.05, 0.1) is 12.0 Å².